The van der Waals surface area contributed by atoms with E-state index in [-0.39, 0.29) is 8.81 Å². The zero-order valence-corrected chi connectivity index (χ0v) is 9.60. The van der Waals surface area contributed by atoms with Gasteiger partial charge in [-0.25, -0.2) is 0 Å². The van der Waals surface area contributed by atoms with Gasteiger partial charge in [0.05, 0.1) is 0 Å². The van der Waals surface area contributed by atoms with Crippen LogP contribution in [0.25, 0.3) is 0 Å². The van der Waals surface area contributed by atoms with Crippen molar-refractivity contribution in [1.82, 2.24) is 10.6 Å². The highest BCUT2D eigenvalue weighted by Crippen LogP contribution is 2.00. The van der Waals surface area contributed by atoms with Crippen LogP contribution in [0.1, 0.15) is 26.2 Å². The molecule has 3 nitrogen and oxygen atoms in total. The van der Waals surface area contributed by atoms with Crippen molar-refractivity contribution in [2.24, 2.45) is 0 Å². The average Bonchev–Trinajstić information content (AvgIpc) is 2.16. The molecule has 0 spiro atoms. The summed E-state index contributed by atoms with van der Waals surface area (Å²) >= 11 is 0. The lowest BCUT2D eigenvalue weighted by molar-refractivity contribution is 0.587. The molecule has 80 valence electrons. The van der Waals surface area contributed by atoms with E-state index in [1.165, 1.54) is 12.8 Å². The minimum Gasteiger partial charge on any atom is -0.377 e. The van der Waals surface area contributed by atoms with Crippen LogP contribution in [0.3, 0.4) is 0 Å². The number of hydrogen-bond acceptors (Lipinski definition) is 3. The Balaban J connectivity index is 2.76. The van der Waals surface area contributed by atoms with Gasteiger partial charge in [0.1, 0.15) is 0 Å². The van der Waals surface area contributed by atoms with Crippen molar-refractivity contribution in [2.45, 2.75) is 26.2 Å². The van der Waals surface area contributed by atoms with Crippen molar-refractivity contribution < 1.29 is 4.89 Å². The lowest BCUT2D eigenvalue weighted by Gasteiger charge is -2.05. The van der Waals surface area contributed by atoms with Crippen molar-refractivity contribution in [2.75, 3.05) is 32.3 Å². The first-order valence-electron chi connectivity index (χ1n) is 5.20. The summed E-state index contributed by atoms with van der Waals surface area (Å²) in [4.78, 5) is 8.55. The van der Waals surface area contributed by atoms with Gasteiger partial charge in [-0.3, -0.25) is 0 Å². The highest BCUT2D eigenvalue weighted by molar-refractivity contribution is 7.31. The highest BCUT2D eigenvalue weighted by atomic mass is 31.1. The second-order valence-corrected chi connectivity index (χ2v) is 3.93. The summed E-state index contributed by atoms with van der Waals surface area (Å²) in [5.74, 6) is 0. The van der Waals surface area contributed by atoms with Crippen LogP contribution < -0.4 is 10.6 Å². The van der Waals surface area contributed by atoms with Gasteiger partial charge >= 0.3 is 0 Å². The summed E-state index contributed by atoms with van der Waals surface area (Å²) < 4.78 is 0. The normalized spacial score (nSPS) is 11.5. The van der Waals surface area contributed by atoms with Crippen molar-refractivity contribution in [1.29, 1.82) is 0 Å². The van der Waals surface area contributed by atoms with Crippen molar-refractivity contribution in [3.05, 3.63) is 0 Å². The molecule has 1 unspecified atom stereocenters. The Bertz CT molecular complexity index is 83.7. The minimum absolute atomic E-state index is 0.114. The van der Waals surface area contributed by atoms with Crippen LogP contribution in [-0.4, -0.2) is 37.2 Å². The van der Waals surface area contributed by atoms with E-state index in [4.69, 9.17) is 4.89 Å². The smallest absolute Gasteiger partial charge is 0.0107 e. The molecule has 0 heterocycles. The molecule has 0 aromatic carbocycles. The Labute approximate surface area is 83.6 Å². The van der Waals surface area contributed by atoms with Crippen LogP contribution in [0.5, 0.6) is 0 Å². The first-order valence-corrected chi connectivity index (χ1v) is 6.35. The standard InChI is InChI=1S/C9H23N2OP/c1-2-3-5-10-7-8-11-6-4-9-13-12/h10-13H,2-9H2,1H3. The first kappa shape index (κ1) is 13.3. The average molecular weight is 206 g/mol. The number of rotatable bonds is 10. The molecule has 0 aliphatic heterocycles. The van der Waals surface area contributed by atoms with Crippen molar-refractivity contribution in [3.8, 4) is 0 Å². The predicted octanol–water partition coefficient (Wildman–Crippen LogP) is 0.942. The van der Waals surface area contributed by atoms with Crippen LogP contribution in [0, 0.1) is 0 Å². The fourth-order valence-corrected chi connectivity index (χ4v) is 1.36. The summed E-state index contributed by atoms with van der Waals surface area (Å²) in [5, 5.41) is 6.70. The lowest BCUT2D eigenvalue weighted by Crippen LogP contribution is -2.28. The Kier molecular flexibility index (Phi) is 12.6. The molecule has 0 saturated carbocycles. The molecule has 0 radical (unpaired) electrons. The number of hydrogen-bond donors (Lipinski definition) is 3. The predicted molar refractivity (Wildman–Crippen MR) is 60.7 cm³/mol. The molecule has 0 aliphatic rings. The second-order valence-electron chi connectivity index (χ2n) is 3.12. The van der Waals surface area contributed by atoms with Crippen LogP contribution in [0.15, 0.2) is 0 Å². The van der Waals surface area contributed by atoms with E-state index in [1.807, 2.05) is 0 Å². The maximum absolute atomic E-state index is 8.55. The monoisotopic (exact) mass is 206 g/mol. The molecule has 0 rings (SSSR count). The Hall–Kier alpha value is 0.310. The molecule has 3 N–H and O–H groups in total. The SMILES string of the molecule is CCCCNCCNCCCPO. The molecular weight excluding hydrogens is 183 g/mol. The minimum atomic E-state index is 0.114. The van der Waals surface area contributed by atoms with Crippen LogP contribution in [0.2, 0.25) is 0 Å². The van der Waals surface area contributed by atoms with Crippen molar-refractivity contribution >= 4 is 8.81 Å². The molecule has 4 heteroatoms. The molecule has 13 heavy (non-hydrogen) atoms. The molecule has 0 aromatic rings. The van der Waals surface area contributed by atoms with E-state index in [2.05, 4.69) is 17.6 Å². The summed E-state index contributed by atoms with van der Waals surface area (Å²) in [6, 6.07) is 0. The molecule has 1 atom stereocenters. The van der Waals surface area contributed by atoms with Gasteiger partial charge in [-0.15, -0.1) is 0 Å². The summed E-state index contributed by atoms with van der Waals surface area (Å²) in [5.41, 5.74) is 0. The fraction of sp³-hybridized carbons (Fsp3) is 1.00. The third kappa shape index (κ3) is 12.3. The molecule has 0 amide bonds. The van der Waals surface area contributed by atoms with Gasteiger partial charge < -0.3 is 15.5 Å². The van der Waals surface area contributed by atoms with E-state index < -0.39 is 0 Å². The lowest BCUT2D eigenvalue weighted by atomic mass is 10.3. The van der Waals surface area contributed by atoms with Gasteiger partial charge in [0, 0.05) is 21.9 Å². The molecule has 0 saturated heterocycles. The van der Waals surface area contributed by atoms with E-state index in [1.54, 1.807) is 0 Å². The maximum Gasteiger partial charge on any atom is 0.0107 e. The number of unbranched alkanes of at least 4 members (excludes halogenated alkanes) is 1. The van der Waals surface area contributed by atoms with Gasteiger partial charge in [-0.05, 0) is 32.1 Å². The quantitative estimate of drug-likeness (QED) is 0.368. The Morgan fingerprint density at radius 3 is 2.15 bits per heavy atom. The fourth-order valence-electron chi connectivity index (χ4n) is 1.02. The topological polar surface area (TPSA) is 44.3 Å². The molecular formula is C9H23N2OP. The van der Waals surface area contributed by atoms with Gasteiger partial charge in [-0.2, -0.15) is 0 Å². The van der Waals surface area contributed by atoms with E-state index in [9.17, 15) is 0 Å². The van der Waals surface area contributed by atoms with E-state index in [0.717, 1.165) is 38.8 Å². The van der Waals surface area contributed by atoms with Crippen LogP contribution in [0.4, 0.5) is 0 Å². The van der Waals surface area contributed by atoms with Crippen LogP contribution >= 0.6 is 8.81 Å². The third-order valence-corrected chi connectivity index (χ3v) is 2.40. The third-order valence-electron chi connectivity index (χ3n) is 1.83. The molecule has 0 aliphatic carbocycles. The van der Waals surface area contributed by atoms with Crippen LogP contribution in [-0.2, 0) is 0 Å². The first-order chi connectivity index (χ1) is 6.41. The number of nitrogens with one attached hydrogen (secondary N) is 2. The van der Waals surface area contributed by atoms with Gasteiger partial charge in [-0.1, -0.05) is 13.3 Å². The second kappa shape index (κ2) is 12.3. The van der Waals surface area contributed by atoms with E-state index in [0.29, 0.717) is 0 Å². The Morgan fingerprint density at radius 2 is 1.62 bits per heavy atom. The summed E-state index contributed by atoms with van der Waals surface area (Å²) in [7, 11) is 0.114. The molecule has 0 bridgehead atoms. The van der Waals surface area contributed by atoms with Gasteiger partial charge in [0.15, 0.2) is 0 Å². The molecule has 0 aromatic heterocycles. The largest absolute Gasteiger partial charge is 0.377 e. The summed E-state index contributed by atoms with van der Waals surface area (Å²) in [6.07, 6.45) is 4.56. The molecule has 0 fully saturated rings. The Morgan fingerprint density at radius 1 is 1.00 bits per heavy atom. The van der Waals surface area contributed by atoms with Gasteiger partial charge in [0.25, 0.3) is 0 Å². The van der Waals surface area contributed by atoms with E-state index >= 15 is 0 Å². The zero-order chi connectivity index (χ0) is 9.78. The van der Waals surface area contributed by atoms with Crippen molar-refractivity contribution in [3.63, 3.8) is 0 Å². The highest BCUT2D eigenvalue weighted by Gasteiger charge is 1.88. The zero-order valence-electron chi connectivity index (χ0n) is 8.60. The van der Waals surface area contributed by atoms with Gasteiger partial charge in [0.2, 0.25) is 0 Å². The maximum atomic E-state index is 8.55. The summed E-state index contributed by atoms with van der Waals surface area (Å²) in [6.45, 7) is 6.47.